The van der Waals surface area contributed by atoms with Crippen LogP contribution in [0.3, 0.4) is 0 Å². The smallest absolute Gasteiger partial charge is 0.227 e. The summed E-state index contributed by atoms with van der Waals surface area (Å²) >= 11 is 1.70. The van der Waals surface area contributed by atoms with Crippen molar-refractivity contribution in [2.24, 2.45) is 5.92 Å². The standard InChI is InChI=1S/C14H20N2OS/c1-2-8-16(11-13-6-4-9-18-13)14(17)12-5-3-7-15-10-12/h2,4,6,9,12,15H,1,3,5,7-8,10-11H2. The van der Waals surface area contributed by atoms with Gasteiger partial charge in [-0.2, -0.15) is 0 Å². The highest BCUT2D eigenvalue weighted by atomic mass is 32.1. The number of piperidine rings is 1. The molecule has 2 rings (SSSR count). The third kappa shape index (κ3) is 3.43. The van der Waals surface area contributed by atoms with E-state index in [1.807, 2.05) is 22.4 Å². The van der Waals surface area contributed by atoms with Crippen LogP contribution in [0.4, 0.5) is 0 Å². The van der Waals surface area contributed by atoms with Crippen LogP contribution in [0.25, 0.3) is 0 Å². The lowest BCUT2D eigenvalue weighted by Gasteiger charge is -2.28. The normalized spacial score (nSPS) is 19.4. The first kappa shape index (κ1) is 13.3. The molecule has 1 aromatic rings. The third-order valence-electron chi connectivity index (χ3n) is 3.23. The summed E-state index contributed by atoms with van der Waals surface area (Å²) in [4.78, 5) is 15.6. The summed E-state index contributed by atoms with van der Waals surface area (Å²) in [5.74, 6) is 0.397. The second-order valence-electron chi connectivity index (χ2n) is 4.63. The van der Waals surface area contributed by atoms with Crippen molar-refractivity contribution in [3.05, 3.63) is 35.0 Å². The molecule has 2 heterocycles. The second-order valence-corrected chi connectivity index (χ2v) is 5.66. The minimum Gasteiger partial charge on any atom is -0.334 e. The third-order valence-corrected chi connectivity index (χ3v) is 4.10. The Balaban J connectivity index is 1.99. The number of hydrogen-bond donors (Lipinski definition) is 1. The van der Waals surface area contributed by atoms with Crippen molar-refractivity contribution in [2.75, 3.05) is 19.6 Å². The lowest BCUT2D eigenvalue weighted by molar-refractivity contribution is -0.136. The topological polar surface area (TPSA) is 32.3 Å². The van der Waals surface area contributed by atoms with Crippen LogP contribution in [-0.2, 0) is 11.3 Å². The molecule has 1 aromatic heterocycles. The van der Waals surface area contributed by atoms with Crippen molar-refractivity contribution in [2.45, 2.75) is 19.4 Å². The van der Waals surface area contributed by atoms with Crippen LogP contribution in [-0.4, -0.2) is 30.4 Å². The van der Waals surface area contributed by atoms with Gasteiger partial charge in [0.05, 0.1) is 12.5 Å². The highest BCUT2D eigenvalue weighted by Gasteiger charge is 2.25. The van der Waals surface area contributed by atoms with E-state index in [0.717, 1.165) is 25.9 Å². The molecule has 0 bridgehead atoms. The van der Waals surface area contributed by atoms with E-state index < -0.39 is 0 Å². The van der Waals surface area contributed by atoms with Crippen LogP contribution >= 0.6 is 11.3 Å². The van der Waals surface area contributed by atoms with E-state index in [1.165, 1.54) is 4.88 Å². The molecule has 18 heavy (non-hydrogen) atoms. The summed E-state index contributed by atoms with van der Waals surface area (Å²) in [5, 5.41) is 5.35. The van der Waals surface area contributed by atoms with Crippen molar-refractivity contribution < 1.29 is 4.79 Å². The quantitative estimate of drug-likeness (QED) is 0.827. The van der Waals surface area contributed by atoms with Gasteiger partial charge in [0.25, 0.3) is 0 Å². The fourth-order valence-electron chi connectivity index (χ4n) is 2.30. The van der Waals surface area contributed by atoms with Gasteiger partial charge in [0.2, 0.25) is 5.91 Å². The Morgan fingerprint density at radius 3 is 3.17 bits per heavy atom. The number of thiophene rings is 1. The van der Waals surface area contributed by atoms with Crippen molar-refractivity contribution in [1.82, 2.24) is 10.2 Å². The van der Waals surface area contributed by atoms with Crippen molar-refractivity contribution in [3.8, 4) is 0 Å². The lowest BCUT2D eigenvalue weighted by atomic mass is 9.98. The van der Waals surface area contributed by atoms with Crippen molar-refractivity contribution in [3.63, 3.8) is 0 Å². The maximum atomic E-state index is 12.5. The zero-order chi connectivity index (χ0) is 12.8. The Morgan fingerprint density at radius 1 is 1.67 bits per heavy atom. The molecule has 1 N–H and O–H groups in total. The summed E-state index contributed by atoms with van der Waals surface area (Å²) in [6, 6.07) is 4.10. The minimum absolute atomic E-state index is 0.138. The molecule has 0 radical (unpaired) electrons. The number of nitrogens with zero attached hydrogens (tertiary/aromatic N) is 1. The zero-order valence-corrected chi connectivity index (χ0v) is 11.4. The van der Waals surface area contributed by atoms with Gasteiger partial charge in [0.15, 0.2) is 0 Å². The molecule has 0 spiro atoms. The van der Waals surface area contributed by atoms with E-state index in [4.69, 9.17) is 0 Å². The van der Waals surface area contributed by atoms with Gasteiger partial charge < -0.3 is 10.2 Å². The van der Waals surface area contributed by atoms with E-state index in [9.17, 15) is 4.79 Å². The number of rotatable bonds is 5. The molecule has 1 amide bonds. The molecule has 98 valence electrons. The average Bonchev–Trinajstić information content (AvgIpc) is 2.91. The molecule has 0 aliphatic carbocycles. The van der Waals surface area contributed by atoms with Gasteiger partial charge in [-0.1, -0.05) is 12.1 Å². The average molecular weight is 264 g/mol. The zero-order valence-electron chi connectivity index (χ0n) is 10.6. The first-order valence-corrected chi connectivity index (χ1v) is 7.32. The Labute approximate surface area is 112 Å². The maximum absolute atomic E-state index is 12.5. The summed E-state index contributed by atoms with van der Waals surface area (Å²) in [7, 11) is 0. The highest BCUT2D eigenvalue weighted by molar-refractivity contribution is 7.09. The van der Waals surface area contributed by atoms with E-state index in [2.05, 4.69) is 18.0 Å². The SMILES string of the molecule is C=CCN(Cc1cccs1)C(=O)C1CCCNC1. The molecule has 3 nitrogen and oxygen atoms in total. The number of nitrogens with one attached hydrogen (secondary N) is 1. The first-order chi connectivity index (χ1) is 8.81. The molecule has 1 unspecified atom stereocenters. The van der Waals surface area contributed by atoms with E-state index in [1.54, 1.807) is 11.3 Å². The molecule has 1 saturated heterocycles. The van der Waals surface area contributed by atoms with E-state index in [0.29, 0.717) is 13.1 Å². The Bertz CT molecular complexity index is 383. The van der Waals surface area contributed by atoms with Crippen LogP contribution in [0.2, 0.25) is 0 Å². The summed E-state index contributed by atoms with van der Waals surface area (Å²) in [6.07, 6.45) is 3.91. The Hall–Kier alpha value is -1.13. The minimum atomic E-state index is 0.138. The summed E-state index contributed by atoms with van der Waals surface area (Å²) < 4.78 is 0. The van der Waals surface area contributed by atoms with Gasteiger partial charge in [-0.05, 0) is 30.8 Å². The summed E-state index contributed by atoms with van der Waals surface area (Å²) in [5.41, 5.74) is 0. The molecule has 1 aliphatic rings. The van der Waals surface area contributed by atoms with Crippen LogP contribution in [0.1, 0.15) is 17.7 Å². The van der Waals surface area contributed by atoms with Crippen LogP contribution in [0, 0.1) is 5.92 Å². The predicted octanol–water partition coefficient (Wildman–Crippen LogP) is 2.26. The lowest BCUT2D eigenvalue weighted by Crippen LogP contribution is -2.42. The number of hydrogen-bond acceptors (Lipinski definition) is 3. The molecular weight excluding hydrogens is 244 g/mol. The predicted molar refractivity (Wildman–Crippen MR) is 75.5 cm³/mol. The molecule has 4 heteroatoms. The molecule has 1 atom stereocenters. The van der Waals surface area contributed by atoms with Gasteiger partial charge in [-0.25, -0.2) is 0 Å². The Kier molecular flexibility index (Phi) is 4.96. The molecule has 0 aromatic carbocycles. The molecule has 1 aliphatic heterocycles. The highest BCUT2D eigenvalue weighted by Crippen LogP contribution is 2.17. The fraction of sp³-hybridized carbons (Fsp3) is 0.500. The van der Waals surface area contributed by atoms with Crippen LogP contribution in [0.5, 0.6) is 0 Å². The largest absolute Gasteiger partial charge is 0.334 e. The van der Waals surface area contributed by atoms with Gasteiger partial charge in [-0.3, -0.25) is 4.79 Å². The first-order valence-electron chi connectivity index (χ1n) is 6.44. The van der Waals surface area contributed by atoms with Gasteiger partial charge >= 0.3 is 0 Å². The maximum Gasteiger partial charge on any atom is 0.227 e. The van der Waals surface area contributed by atoms with Gasteiger partial charge in [0.1, 0.15) is 0 Å². The second kappa shape index (κ2) is 6.71. The Morgan fingerprint density at radius 2 is 2.56 bits per heavy atom. The van der Waals surface area contributed by atoms with Crippen molar-refractivity contribution >= 4 is 17.2 Å². The van der Waals surface area contributed by atoms with Gasteiger partial charge in [0, 0.05) is 18.0 Å². The van der Waals surface area contributed by atoms with Crippen molar-refractivity contribution in [1.29, 1.82) is 0 Å². The monoisotopic (exact) mass is 264 g/mol. The van der Waals surface area contributed by atoms with E-state index in [-0.39, 0.29) is 11.8 Å². The fourth-order valence-corrected chi connectivity index (χ4v) is 3.02. The molecule has 0 saturated carbocycles. The molecule has 1 fully saturated rings. The summed E-state index contributed by atoms with van der Waals surface area (Å²) in [6.45, 7) is 6.94. The van der Waals surface area contributed by atoms with E-state index >= 15 is 0 Å². The van der Waals surface area contributed by atoms with Gasteiger partial charge in [-0.15, -0.1) is 17.9 Å². The number of amides is 1. The van der Waals surface area contributed by atoms with Crippen LogP contribution in [0.15, 0.2) is 30.2 Å². The van der Waals surface area contributed by atoms with Crippen LogP contribution < -0.4 is 5.32 Å². The number of carbonyl (C=O) groups is 1. The number of carbonyl (C=O) groups excluding carboxylic acids is 1. The molecular formula is C14H20N2OS.